The van der Waals surface area contributed by atoms with Crippen molar-refractivity contribution in [2.24, 2.45) is 0 Å². The molecule has 0 unspecified atom stereocenters. The van der Waals surface area contributed by atoms with Crippen LogP contribution >= 0.6 is 11.6 Å². The Morgan fingerprint density at radius 3 is 2.30 bits per heavy atom. The summed E-state index contributed by atoms with van der Waals surface area (Å²) in [6.45, 7) is 2.03. The number of hydrogen-bond donors (Lipinski definition) is 1. The van der Waals surface area contributed by atoms with Crippen LogP contribution in [0.3, 0.4) is 0 Å². The van der Waals surface area contributed by atoms with Crippen LogP contribution in [0.25, 0.3) is 16.9 Å². The monoisotopic (exact) mass is 284 g/mol. The molecule has 3 nitrogen and oxygen atoms in total. The average Bonchev–Trinajstić information content (AvgIpc) is 2.82. The third-order valence-electron chi connectivity index (χ3n) is 3.11. The number of nitrogens with zero attached hydrogens (tertiary/aromatic N) is 2. The first-order valence-electron chi connectivity index (χ1n) is 6.25. The van der Waals surface area contributed by atoms with E-state index < -0.39 is 0 Å². The Balaban J connectivity index is 2.02. The van der Waals surface area contributed by atoms with Gasteiger partial charge in [-0.25, -0.2) is 4.68 Å². The highest BCUT2D eigenvalue weighted by Gasteiger charge is 2.11. The maximum atomic E-state index is 10.1. The van der Waals surface area contributed by atoms with E-state index in [-0.39, 0.29) is 5.75 Å². The third-order valence-corrected chi connectivity index (χ3v) is 3.36. The molecule has 0 saturated carbocycles. The highest BCUT2D eigenvalue weighted by atomic mass is 35.5. The van der Waals surface area contributed by atoms with Crippen molar-refractivity contribution in [3.05, 3.63) is 65.3 Å². The molecule has 0 aliphatic rings. The molecule has 0 aliphatic heterocycles. The first kappa shape index (κ1) is 12.8. The summed E-state index contributed by atoms with van der Waals surface area (Å²) in [4.78, 5) is 0. The Labute approximate surface area is 122 Å². The lowest BCUT2D eigenvalue weighted by molar-refractivity contribution is 0.477. The van der Waals surface area contributed by atoms with Gasteiger partial charge in [0, 0.05) is 10.6 Å². The fourth-order valence-electron chi connectivity index (χ4n) is 2.01. The number of hydrogen-bond acceptors (Lipinski definition) is 2. The number of aromatic hydroxyl groups is 1. The normalized spacial score (nSPS) is 10.7. The summed E-state index contributed by atoms with van der Waals surface area (Å²) in [5.41, 5.74) is 3.47. The molecule has 0 aliphatic carbocycles. The van der Waals surface area contributed by atoms with Crippen LogP contribution in [-0.4, -0.2) is 14.9 Å². The molecule has 1 heterocycles. The van der Waals surface area contributed by atoms with Crippen molar-refractivity contribution in [3.8, 4) is 22.7 Å². The van der Waals surface area contributed by atoms with Gasteiger partial charge in [0.05, 0.1) is 11.9 Å². The van der Waals surface area contributed by atoms with Gasteiger partial charge in [-0.05, 0) is 31.2 Å². The van der Waals surface area contributed by atoms with Gasteiger partial charge in [-0.3, -0.25) is 0 Å². The summed E-state index contributed by atoms with van der Waals surface area (Å²) in [5.74, 6) is 0.146. The molecular weight excluding hydrogens is 272 g/mol. The van der Waals surface area contributed by atoms with E-state index in [2.05, 4.69) is 5.10 Å². The van der Waals surface area contributed by atoms with Crippen molar-refractivity contribution in [3.63, 3.8) is 0 Å². The average molecular weight is 285 g/mol. The number of halogens is 1. The van der Waals surface area contributed by atoms with Crippen molar-refractivity contribution in [1.82, 2.24) is 9.78 Å². The molecule has 0 atom stereocenters. The van der Waals surface area contributed by atoms with Gasteiger partial charge in [-0.2, -0.15) is 5.10 Å². The number of benzene rings is 2. The fourth-order valence-corrected chi connectivity index (χ4v) is 2.13. The van der Waals surface area contributed by atoms with E-state index in [1.54, 1.807) is 23.0 Å². The summed E-state index contributed by atoms with van der Waals surface area (Å²) in [7, 11) is 0. The van der Waals surface area contributed by atoms with E-state index in [9.17, 15) is 5.11 Å². The van der Waals surface area contributed by atoms with Crippen LogP contribution in [0.4, 0.5) is 0 Å². The zero-order chi connectivity index (χ0) is 14.1. The van der Waals surface area contributed by atoms with Crippen molar-refractivity contribution in [2.45, 2.75) is 6.92 Å². The molecule has 0 amide bonds. The largest absolute Gasteiger partial charge is 0.504 e. The minimum Gasteiger partial charge on any atom is -0.504 e. The highest BCUT2D eigenvalue weighted by molar-refractivity contribution is 6.30. The quantitative estimate of drug-likeness (QED) is 0.765. The first-order valence-corrected chi connectivity index (χ1v) is 6.63. The molecule has 3 rings (SSSR count). The van der Waals surface area contributed by atoms with Crippen molar-refractivity contribution >= 4 is 11.6 Å². The van der Waals surface area contributed by atoms with Gasteiger partial charge in [0.25, 0.3) is 0 Å². The highest BCUT2D eigenvalue weighted by Crippen LogP contribution is 2.29. The van der Waals surface area contributed by atoms with Crippen LogP contribution < -0.4 is 0 Å². The standard InChI is InChI=1S/C16H13ClN2O/c1-11-2-8-14(9-3-11)19-10-15(20)16(18-19)12-4-6-13(17)7-5-12/h2-10,20H,1H3. The van der Waals surface area contributed by atoms with Gasteiger partial charge >= 0.3 is 0 Å². The Morgan fingerprint density at radius 2 is 1.65 bits per heavy atom. The van der Waals surface area contributed by atoms with E-state index in [0.717, 1.165) is 11.3 Å². The Morgan fingerprint density at radius 1 is 1.00 bits per heavy atom. The summed E-state index contributed by atoms with van der Waals surface area (Å²) in [5, 5.41) is 15.1. The third kappa shape index (κ3) is 2.40. The molecule has 0 radical (unpaired) electrons. The molecule has 0 bridgehead atoms. The Hall–Kier alpha value is -2.26. The molecule has 100 valence electrons. The molecule has 3 aromatic rings. The van der Waals surface area contributed by atoms with Gasteiger partial charge in [0.2, 0.25) is 0 Å². The zero-order valence-electron chi connectivity index (χ0n) is 10.9. The van der Waals surface area contributed by atoms with Crippen molar-refractivity contribution < 1.29 is 5.11 Å². The Kier molecular flexibility index (Phi) is 3.20. The lowest BCUT2D eigenvalue weighted by Gasteiger charge is -2.01. The lowest BCUT2D eigenvalue weighted by Crippen LogP contribution is -1.94. The number of aryl methyl sites for hydroxylation is 1. The van der Waals surface area contributed by atoms with Gasteiger partial charge in [0.1, 0.15) is 5.69 Å². The predicted molar refractivity (Wildman–Crippen MR) is 80.4 cm³/mol. The lowest BCUT2D eigenvalue weighted by atomic mass is 10.1. The van der Waals surface area contributed by atoms with E-state index in [1.807, 2.05) is 43.3 Å². The number of rotatable bonds is 2. The van der Waals surface area contributed by atoms with Gasteiger partial charge in [-0.15, -0.1) is 0 Å². The van der Waals surface area contributed by atoms with Gasteiger partial charge in [-0.1, -0.05) is 41.4 Å². The molecule has 0 spiro atoms. The van der Waals surface area contributed by atoms with Crippen LogP contribution in [0.5, 0.6) is 5.75 Å². The van der Waals surface area contributed by atoms with Crippen LogP contribution in [0, 0.1) is 6.92 Å². The maximum absolute atomic E-state index is 10.1. The molecule has 1 aromatic heterocycles. The van der Waals surface area contributed by atoms with Gasteiger partial charge in [0.15, 0.2) is 5.75 Å². The summed E-state index contributed by atoms with van der Waals surface area (Å²) in [6, 6.07) is 15.2. The second kappa shape index (κ2) is 5.02. The van der Waals surface area contributed by atoms with Gasteiger partial charge < -0.3 is 5.11 Å². The van der Waals surface area contributed by atoms with E-state index in [0.29, 0.717) is 10.7 Å². The molecular formula is C16H13ClN2O. The van der Waals surface area contributed by atoms with E-state index in [4.69, 9.17) is 11.6 Å². The Bertz CT molecular complexity index is 730. The molecule has 0 saturated heterocycles. The molecule has 4 heteroatoms. The minimum absolute atomic E-state index is 0.146. The summed E-state index contributed by atoms with van der Waals surface area (Å²) in [6.07, 6.45) is 1.61. The van der Waals surface area contributed by atoms with Crippen LogP contribution in [0.1, 0.15) is 5.56 Å². The van der Waals surface area contributed by atoms with Crippen molar-refractivity contribution in [2.75, 3.05) is 0 Å². The first-order chi connectivity index (χ1) is 9.63. The van der Waals surface area contributed by atoms with Crippen molar-refractivity contribution in [1.29, 1.82) is 0 Å². The van der Waals surface area contributed by atoms with Crippen LogP contribution in [0.15, 0.2) is 54.7 Å². The summed E-state index contributed by atoms with van der Waals surface area (Å²) < 4.78 is 1.67. The molecule has 0 fully saturated rings. The SMILES string of the molecule is Cc1ccc(-n2cc(O)c(-c3ccc(Cl)cc3)n2)cc1. The van der Waals surface area contributed by atoms with E-state index in [1.165, 1.54) is 5.56 Å². The molecule has 1 N–H and O–H groups in total. The second-order valence-electron chi connectivity index (χ2n) is 4.65. The smallest absolute Gasteiger partial charge is 0.162 e. The molecule has 20 heavy (non-hydrogen) atoms. The van der Waals surface area contributed by atoms with Crippen LogP contribution in [0.2, 0.25) is 5.02 Å². The second-order valence-corrected chi connectivity index (χ2v) is 5.09. The summed E-state index contributed by atoms with van der Waals surface area (Å²) >= 11 is 5.87. The van der Waals surface area contributed by atoms with E-state index >= 15 is 0 Å². The number of aromatic nitrogens is 2. The predicted octanol–water partition coefficient (Wildman–Crippen LogP) is 4.21. The topological polar surface area (TPSA) is 38.0 Å². The molecule has 2 aromatic carbocycles. The fraction of sp³-hybridized carbons (Fsp3) is 0.0625. The zero-order valence-corrected chi connectivity index (χ0v) is 11.7. The minimum atomic E-state index is 0.146. The maximum Gasteiger partial charge on any atom is 0.162 e. The van der Waals surface area contributed by atoms with Crippen LogP contribution in [-0.2, 0) is 0 Å².